The van der Waals surface area contributed by atoms with E-state index in [-0.39, 0.29) is 22.8 Å². The molecule has 1 unspecified atom stereocenters. The highest BCUT2D eigenvalue weighted by atomic mass is 19.1. The van der Waals surface area contributed by atoms with Gasteiger partial charge in [0.25, 0.3) is 0 Å². The predicted octanol–water partition coefficient (Wildman–Crippen LogP) is 6.05. The third-order valence-electron chi connectivity index (χ3n) is 7.72. The van der Waals surface area contributed by atoms with Crippen LogP contribution in [0.3, 0.4) is 0 Å². The molecule has 1 saturated carbocycles. The molecule has 2 aromatic rings. The summed E-state index contributed by atoms with van der Waals surface area (Å²) in [6.45, 7) is 5.84. The molecule has 32 heavy (non-hydrogen) atoms. The largest absolute Gasteiger partial charge is 0.497 e. The average Bonchev–Trinajstić information content (AvgIpc) is 3.10. The van der Waals surface area contributed by atoms with E-state index in [1.165, 1.54) is 6.07 Å². The van der Waals surface area contributed by atoms with Crippen molar-refractivity contribution in [2.75, 3.05) is 13.7 Å². The van der Waals surface area contributed by atoms with Crippen LogP contribution in [-0.2, 0) is 12.0 Å². The average molecular weight is 439 g/mol. The van der Waals surface area contributed by atoms with Crippen LogP contribution in [0.25, 0.3) is 0 Å². The Balaban J connectivity index is 1.48. The first kappa shape index (κ1) is 22.6. The van der Waals surface area contributed by atoms with Gasteiger partial charge >= 0.3 is 6.03 Å². The molecule has 2 aliphatic rings. The molecule has 1 spiro atoms. The zero-order valence-corrected chi connectivity index (χ0v) is 19.5. The van der Waals surface area contributed by atoms with Crippen LogP contribution in [0.15, 0.2) is 48.5 Å². The van der Waals surface area contributed by atoms with Gasteiger partial charge in [0.05, 0.1) is 12.6 Å². The second-order valence-corrected chi connectivity index (χ2v) is 9.92. The van der Waals surface area contributed by atoms with Gasteiger partial charge in [-0.3, -0.25) is 0 Å². The second kappa shape index (κ2) is 9.13. The minimum absolute atomic E-state index is 0.0148. The van der Waals surface area contributed by atoms with Crippen molar-refractivity contribution in [2.45, 2.75) is 69.9 Å². The first-order chi connectivity index (χ1) is 15.4. The normalized spacial score (nSPS) is 26.2. The zero-order chi connectivity index (χ0) is 22.8. The highest BCUT2D eigenvalue weighted by molar-refractivity contribution is 5.78. The number of carbonyl (C=O) groups is 1. The molecule has 2 amide bonds. The summed E-state index contributed by atoms with van der Waals surface area (Å²) in [6.07, 6.45) is 5.96. The van der Waals surface area contributed by atoms with Crippen LogP contribution >= 0.6 is 0 Å². The van der Waals surface area contributed by atoms with Gasteiger partial charge in [0.1, 0.15) is 11.6 Å². The van der Waals surface area contributed by atoms with Gasteiger partial charge in [0.15, 0.2) is 0 Å². The minimum atomic E-state index is -0.185. The maximum absolute atomic E-state index is 14.1. The number of nitrogens with zero attached hydrogens (tertiary/aromatic N) is 1. The van der Waals surface area contributed by atoms with Gasteiger partial charge in [-0.15, -0.1) is 0 Å². The Morgan fingerprint density at radius 3 is 2.47 bits per heavy atom. The topological polar surface area (TPSA) is 41.6 Å². The van der Waals surface area contributed by atoms with E-state index in [0.717, 1.165) is 61.9 Å². The summed E-state index contributed by atoms with van der Waals surface area (Å²) < 4.78 is 19.3. The van der Waals surface area contributed by atoms with Gasteiger partial charge in [-0.2, -0.15) is 0 Å². The quantitative estimate of drug-likeness (QED) is 0.572. The molecule has 5 heteroatoms. The summed E-state index contributed by atoms with van der Waals surface area (Å²) in [5.74, 6) is 1.24. The highest BCUT2D eigenvalue weighted by Gasteiger charge is 2.49. The third-order valence-corrected chi connectivity index (χ3v) is 7.72. The number of amides is 2. The number of hydrogen-bond donors (Lipinski definition) is 1. The molecule has 2 fully saturated rings. The van der Waals surface area contributed by atoms with Gasteiger partial charge in [-0.05, 0) is 78.8 Å². The molecule has 1 atom stereocenters. The van der Waals surface area contributed by atoms with Crippen molar-refractivity contribution in [3.05, 3.63) is 65.5 Å². The Kier molecular flexibility index (Phi) is 6.45. The standard InChI is InChI=1S/C27H35FN2O2/c1-4-20(2)17-26(22-6-5-7-23(28)16-22)12-14-27(15-13-26)19-30(25(31)29-27)18-21-8-10-24(32-3)11-9-21/h5-11,16,20H,4,12-15,17-19H2,1-3H3,(H,29,31). The van der Waals surface area contributed by atoms with Crippen molar-refractivity contribution >= 4 is 6.03 Å². The molecule has 1 aliphatic carbocycles. The number of benzene rings is 2. The lowest BCUT2D eigenvalue weighted by molar-refractivity contribution is 0.155. The molecule has 172 valence electrons. The predicted molar refractivity (Wildman–Crippen MR) is 125 cm³/mol. The van der Waals surface area contributed by atoms with Crippen molar-refractivity contribution in [1.29, 1.82) is 0 Å². The van der Waals surface area contributed by atoms with Crippen LogP contribution in [0.4, 0.5) is 9.18 Å². The summed E-state index contributed by atoms with van der Waals surface area (Å²) in [7, 11) is 1.65. The molecule has 1 N–H and O–H groups in total. The fourth-order valence-corrected chi connectivity index (χ4v) is 5.59. The van der Waals surface area contributed by atoms with E-state index in [0.29, 0.717) is 12.5 Å². The van der Waals surface area contributed by atoms with Gasteiger partial charge < -0.3 is 15.0 Å². The maximum atomic E-state index is 14.1. The number of rotatable bonds is 7. The van der Waals surface area contributed by atoms with E-state index >= 15 is 0 Å². The molecule has 2 aromatic carbocycles. The number of halogens is 1. The summed E-state index contributed by atoms with van der Waals surface area (Å²) in [5, 5.41) is 3.32. The van der Waals surface area contributed by atoms with Crippen LogP contribution in [0.1, 0.15) is 63.5 Å². The molecule has 1 saturated heterocycles. The number of urea groups is 1. The van der Waals surface area contributed by atoms with E-state index in [4.69, 9.17) is 4.74 Å². The zero-order valence-electron chi connectivity index (χ0n) is 19.5. The van der Waals surface area contributed by atoms with Gasteiger partial charge in [-0.25, -0.2) is 9.18 Å². The van der Waals surface area contributed by atoms with E-state index in [1.54, 1.807) is 13.2 Å². The highest BCUT2D eigenvalue weighted by Crippen LogP contribution is 2.48. The lowest BCUT2D eigenvalue weighted by atomic mass is 9.61. The SMILES string of the molecule is CCC(C)CC1(c2cccc(F)c2)CCC2(CC1)CN(Cc1ccc(OC)cc1)C(=O)N2. The molecule has 4 nitrogen and oxygen atoms in total. The Morgan fingerprint density at radius 1 is 1.12 bits per heavy atom. The number of ether oxygens (including phenoxy) is 1. The van der Waals surface area contributed by atoms with Crippen LogP contribution in [0, 0.1) is 11.7 Å². The van der Waals surface area contributed by atoms with Gasteiger partial charge in [0, 0.05) is 13.1 Å². The number of hydrogen-bond acceptors (Lipinski definition) is 2. The van der Waals surface area contributed by atoms with Gasteiger partial charge in [0.2, 0.25) is 0 Å². The fraction of sp³-hybridized carbons (Fsp3) is 0.519. The Morgan fingerprint density at radius 2 is 1.84 bits per heavy atom. The van der Waals surface area contributed by atoms with Crippen LogP contribution in [-0.4, -0.2) is 30.1 Å². The summed E-state index contributed by atoms with van der Waals surface area (Å²) in [4.78, 5) is 14.7. The van der Waals surface area contributed by atoms with Crippen LogP contribution in [0.2, 0.25) is 0 Å². The molecule has 0 radical (unpaired) electrons. The van der Waals surface area contributed by atoms with Gasteiger partial charge in [-0.1, -0.05) is 44.5 Å². The van der Waals surface area contributed by atoms with E-state index < -0.39 is 0 Å². The van der Waals surface area contributed by atoms with Crippen molar-refractivity contribution in [3.63, 3.8) is 0 Å². The van der Waals surface area contributed by atoms with E-state index in [9.17, 15) is 9.18 Å². The Labute approximate surface area is 191 Å². The van der Waals surface area contributed by atoms with Crippen LogP contribution in [0.5, 0.6) is 5.75 Å². The fourth-order valence-electron chi connectivity index (χ4n) is 5.59. The van der Waals surface area contributed by atoms with Crippen molar-refractivity contribution in [1.82, 2.24) is 10.2 Å². The number of methoxy groups -OCH3 is 1. The molecule has 1 aliphatic heterocycles. The van der Waals surface area contributed by atoms with Crippen molar-refractivity contribution in [2.24, 2.45) is 5.92 Å². The van der Waals surface area contributed by atoms with Crippen molar-refractivity contribution in [3.8, 4) is 5.75 Å². The first-order valence-electron chi connectivity index (χ1n) is 11.8. The van der Waals surface area contributed by atoms with Crippen molar-refractivity contribution < 1.29 is 13.9 Å². The maximum Gasteiger partial charge on any atom is 0.318 e. The molecule has 0 aromatic heterocycles. The molecular formula is C27H35FN2O2. The summed E-state index contributed by atoms with van der Waals surface area (Å²) in [5.41, 5.74) is 2.01. The van der Waals surface area contributed by atoms with E-state index in [2.05, 4.69) is 25.2 Å². The first-order valence-corrected chi connectivity index (χ1v) is 11.8. The summed E-state index contributed by atoms with van der Waals surface area (Å²) in [6, 6.07) is 15.1. The molecule has 1 heterocycles. The second-order valence-electron chi connectivity index (χ2n) is 9.92. The number of nitrogens with one attached hydrogen (secondary N) is 1. The molecular weight excluding hydrogens is 403 g/mol. The lowest BCUT2D eigenvalue weighted by Gasteiger charge is -2.46. The third kappa shape index (κ3) is 4.62. The van der Waals surface area contributed by atoms with E-state index in [1.807, 2.05) is 35.2 Å². The van der Waals surface area contributed by atoms with Crippen LogP contribution < -0.4 is 10.1 Å². The molecule has 0 bridgehead atoms. The molecule has 4 rings (SSSR count). The smallest absolute Gasteiger partial charge is 0.318 e. The monoisotopic (exact) mass is 438 g/mol. The lowest BCUT2D eigenvalue weighted by Crippen LogP contribution is -2.50. The minimum Gasteiger partial charge on any atom is -0.497 e. The Hall–Kier alpha value is -2.56. The number of carbonyl (C=O) groups excluding carboxylic acids is 1. The summed E-state index contributed by atoms with van der Waals surface area (Å²) >= 11 is 0. The Bertz CT molecular complexity index is 935.